The summed E-state index contributed by atoms with van der Waals surface area (Å²) in [5.41, 5.74) is 2.09. The van der Waals surface area contributed by atoms with Gasteiger partial charge >= 0.3 is 0 Å². The van der Waals surface area contributed by atoms with Crippen molar-refractivity contribution in [1.29, 1.82) is 0 Å². The van der Waals surface area contributed by atoms with Gasteiger partial charge in [-0.3, -0.25) is 14.1 Å². The molecular formula is C19H21N5O4S. The average molecular weight is 415 g/mol. The molecule has 1 aliphatic heterocycles. The van der Waals surface area contributed by atoms with Crippen molar-refractivity contribution >= 4 is 26.9 Å². The van der Waals surface area contributed by atoms with Gasteiger partial charge in [0.2, 0.25) is 11.7 Å². The molecule has 3 aromatic heterocycles. The summed E-state index contributed by atoms with van der Waals surface area (Å²) in [4.78, 5) is 23.5. The number of imidazole rings is 1. The number of nitrogens with zero attached hydrogens (tertiary/aromatic N) is 4. The van der Waals surface area contributed by atoms with Gasteiger partial charge in [0.25, 0.3) is 5.91 Å². The Morgan fingerprint density at radius 2 is 2.00 bits per heavy atom. The average Bonchev–Trinajstić information content (AvgIpc) is 3.09. The summed E-state index contributed by atoms with van der Waals surface area (Å²) in [5, 5.41) is 2.80. The van der Waals surface area contributed by atoms with E-state index in [2.05, 4.69) is 15.3 Å². The minimum absolute atomic E-state index is 0.149. The van der Waals surface area contributed by atoms with Crippen LogP contribution < -0.4 is 10.1 Å². The first-order valence-electron chi connectivity index (χ1n) is 9.15. The number of hydrogen-bond donors (Lipinski definition) is 1. The van der Waals surface area contributed by atoms with Crippen LogP contribution >= 0.6 is 0 Å². The summed E-state index contributed by atoms with van der Waals surface area (Å²) in [5.74, 6) is 0.662. The lowest BCUT2D eigenvalue weighted by molar-refractivity contribution is 0.101. The second-order valence-corrected chi connectivity index (χ2v) is 9.11. The third kappa shape index (κ3) is 4.22. The van der Waals surface area contributed by atoms with E-state index in [1.807, 2.05) is 23.1 Å². The van der Waals surface area contributed by atoms with Crippen molar-refractivity contribution in [1.82, 2.24) is 19.3 Å². The van der Waals surface area contributed by atoms with Gasteiger partial charge in [-0.05, 0) is 18.2 Å². The quantitative estimate of drug-likeness (QED) is 0.668. The second-order valence-electron chi connectivity index (χ2n) is 6.81. The number of carbonyl (C=O) groups excluding carboxylic acids is 1. The summed E-state index contributed by atoms with van der Waals surface area (Å²) in [6.45, 7) is 1.42. The highest BCUT2D eigenvalue weighted by Crippen LogP contribution is 2.18. The molecule has 0 spiro atoms. The number of fused-ring (bicyclic) bond motifs is 1. The molecule has 1 amide bonds. The van der Waals surface area contributed by atoms with Crippen LogP contribution in [0.1, 0.15) is 16.3 Å². The molecule has 9 nitrogen and oxygen atoms in total. The van der Waals surface area contributed by atoms with E-state index >= 15 is 0 Å². The molecule has 0 saturated carbocycles. The van der Waals surface area contributed by atoms with Gasteiger partial charge in [-0.2, -0.15) is 0 Å². The number of hydrogen-bond acceptors (Lipinski definition) is 7. The van der Waals surface area contributed by atoms with Crippen molar-refractivity contribution in [2.45, 2.75) is 6.54 Å². The normalized spacial score (nSPS) is 16.6. The van der Waals surface area contributed by atoms with Crippen molar-refractivity contribution in [2.24, 2.45) is 0 Å². The highest BCUT2D eigenvalue weighted by molar-refractivity contribution is 7.91. The summed E-state index contributed by atoms with van der Waals surface area (Å²) in [6.07, 6.45) is 3.30. The van der Waals surface area contributed by atoms with Crippen molar-refractivity contribution in [3.8, 4) is 5.88 Å². The Labute approximate surface area is 168 Å². The fourth-order valence-corrected chi connectivity index (χ4v) is 4.54. The molecule has 152 valence electrons. The van der Waals surface area contributed by atoms with Crippen LogP contribution in [0, 0.1) is 0 Å². The van der Waals surface area contributed by atoms with Crippen LogP contribution in [-0.4, -0.2) is 65.3 Å². The molecule has 4 heterocycles. The number of sulfone groups is 1. The Morgan fingerprint density at radius 3 is 2.69 bits per heavy atom. The van der Waals surface area contributed by atoms with Crippen LogP contribution in [0.5, 0.6) is 5.88 Å². The number of pyridine rings is 2. The molecule has 0 bridgehead atoms. The molecule has 10 heteroatoms. The fourth-order valence-electron chi connectivity index (χ4n) is 3.26. The predicted octanol–water partition coefficient (Wildman–Crippen LogP) is 1.22. The topological polar surface area (TPSA) is 106 Å². The van der Waals surface area contributed by atoms with Crippen LogP contribution in [-0.2, 0) is 16.4 Å². The minimum Gasteiger partial charge on any atom is -0.481 e. The van der Waals surface area contributed by atoms with Gasteiger partial charge in [-0.1, -0.05) is 6.07 Å². The smallest absolute Gasteiger partial charge is 0.292 e. The third-order valence-electron chi connectivity index (χ3n) is 4.84. The zero-order chi connectivity index (χ0) is 20.4. The van der Waals surface area contributed by atoms with E-state index in [4.69, 9.17) is 4.74 Å². The van der Waals surface area contributed by atoms with Crippen molar-refractivity contribution < 1.29 is 17.9 Å². The number of methoxy groups -OCH3 is 1. The Morgan fingerprint density at radius 1 is 1.21 bits per heavy atom. The summed E-state index contributed by atoms with van der Waals surface area (Å²) < 4.78 is 30.1. The molecule has 0 unspecified atom stereocenters. The Hall–Kier alpha value is -2.98. The molecule has 0 radical (unpaired) electrons. The van der Waals surface area contributed by atoms with E-state index in [1.54, 1.807) is 22.7 Å². The highest BCUT2D eigenvalue weighted by atomic mass is 32.2. The molecule has 1 fully saturated rings. The van der Waals surface area contributed by atoms with Gasteiger partial charge in [0, 0.05) is 31.9 Å². The highest BCUT2D eigenvalue weighted by Gasteiger charge is 2.24. The van der Waals surface area contributed by atoms with E-state index in [0.29, 0.717) is 31.2 Å². The van der Waals surface area contributed by atoms with Crippen LogP contribution in [0.25, 0.3) is 5.52 Å². The maximum atomic E-state index is 12.8. The van der Waals surface area contributed by atoms with Gasteiger partial charge in [-0.15, -0.1) is 0 Å². The van der Waals surface area contributed by atoms with Crippen LogP contribution in [0.3, 0.4) is 0 Å². The van der Waals surface area contributed by atoms with Crippen LogP contribution in [0.15, 0.2) is 42.7 Å². The lowest BCUT2D eigenvalue weighted by Gasteiger charge is -2.25. The molecule has 0 atom stereocenters. The van der Waals surface area contributed by atoms with E-state index in [1.165, 1.54) is 13.3 Å². The Kier molecular flexibility index (Phi) is 5.20. The van der Waals surface area contributed by atoms with Gasteiger partial charge in [0.1, 0.15) is 0 Å². The largest absolute Gasteiger partial charge is 0.481 e. The second kappa shape index (κ2) is 7.80. The zero-order valence-corrected chi connectivity index (χ0v) is 16.7. The third-order valence-corrected chi connectivity index (χ3v) is 6.45. The maximum absolute atomic E-state index is 12.8. The minimum atomic E-state index is -2.94. The zero-order valence-electron chi connectivity index (χ0n) is 15.9. The van der Waals surface area contributed by atoms with Gasteiger partial charge in [-0.25, -0.2) is 18.4 Å². The molecule has 3 aromatic rings. The van der Waals surface area contributed by atoms with E-state index in [-0.39, 0.29) is 23.2 Å². The monoisotopic (exact) mass is 415 g/mol. The Balaban J connectivity index is 1.57. The first kappa shape index (κ1) is 19.3. The van der Waals surface area contributed by atoms with Crippen LogP contribution in [0.4, 0.5) is 5.69 Å². The van der Waals surface area contributed by atoms with Crippen molar-refractivity contribution in [2.75, 3.05) is 37.0 Å². The first-order valence-corrected chi connectivity index (χ1v) is 11.0. The molecule has 0 aromatic carbocycles. The van der Waals surface area contributed by atoms with Crippen molar-refractivity contribution in [3.05, 3.63) is 54.2 Å². The van der Waals surface area contributed by atoms with E-state index < -0.39 is 9.84 Å². The number of nitrogens with one attached hydrogen (secondary N) is 1. The SMILES string of the molecule is COc1ccc(NC(=O)c2nc(CN3CCS(=O)(=O)CC3)c3ccccn23)cn1. The summed E-state index contributed by atoms with van der Waals surface area (Å²) >= 11 is 0. The molecule has 0 aliphatic carbocycles. The number of anilines is 1. The molecular weight excluding hydrogens is 394 g/mol. The molecule has 29 heavy (non-hydrogen) atoms. The number of aromatic nitrogens is 3. The summed E-state index contributed by atoms with van der Waals surface area (Å²) in [7, 11) is -1.42. The van der Waals surface area contributed by atoms with E-state index in [0.717, 1.165) is 11.2 Å². The van der Waals surface area contributed by atoms with E-state index in [9.17, 15) is 13.2 Å². The van der Waals surface area contributed by atoms with Crippen LogP contribution in [0.2, 0.25) is 0 Å². The fraction of sp³-hybridized carbons (Fsp3) is 0.316. The molecule has 1 aliphatic rings. The summed E-state index contributed by atoms with van der Waals surface area (Å²) in [6, 6.07) is 8.98. The number of carbonyl (C=O) groups is 1. The maximum Gasteiger partial charge on any atom is 0.292 e. The van der Waals surface area contributed by atoms with Crippen molar-refractivity contribution in [3.63, 3.8) is 0 Å². The predicted molar refractivity (Wildman–Crippen MR) is 108 cm³/mol. The van der Waals surface area contributed by atoms with Gasteiger partial charge in [0.15, 0.2) is 9.84 Å². The molecule has 4 rings (SSSR count). The lowest BCUT2D eigenvalue weighted by Crippen LogP contribution is -2.39. The lowest BCUT2D eigenvalue weighted by atomic mass is 10.3. The van der Waals surface area contributed by atoms with Gasteiger partial charge < -0.3 is 10.1 Å². The number of amides is 1. The van der Waals surface area contributed by atoms with Gasteiger partial charge in [0.05, 0.1) is 41.7 Å². The molecule has 1 saturated heterocycles. The number of ether oxygens (including phenoxy) is 1. The standard InChI is InChI=1S/C19H21N5O4S/c1-28-17-6-5-14(12-20-17)21-19(25)18-22-15(16-4-2-3-7-24(16)18)13-23-8-10-29(26,27)11-9-23/h2-7,12H,8-11,13H2,1H3,(H,21,25). The first-order chi connectivity index (χ1) is 13.9. The Bertz CT molecular complexity index is 1130. The molecule has 1 N–H and O–H groups in total. The number of rotatable bonds is 5.